The zero-order chi connectivity index (χ0) is 25.4. The summed E-state index contributed by atoms with van der Waals surface area (Å²) in [4.78, 5) is 2.57. The Morgan fingerprint density at radius 2 is 1.56 bits per heavy atom. The Morgan fingerprint density at radius 1 is 0.861 bits per heavy atom. The Balaban J connectivity index is 1.44. The average molecular weight is 507 g/mol. The van der Waals surface area contributed by atoms with Gasteiger partial charge in [-0.25, -0.2) is 12.8 Å². The molecule has 1 unspecified atom stereocenters. The molecule has 0 amide bonds. The molecule has 190 valence electrons. The number of nitrogens with zero attached hydrogens (tertiary/aromatic N) is 2. The molecule has 0 bridgehead atoms. The summed E-state index contributed by atoms with van der Waals surface area (Å²) < 4.78 is 43.2. The lowest BCUT2D eigenvalue weighted by molar-refractivity contribution is -0.0414. The Morgan fingerprint density at radius 3 is 2.28 bits per heavy atom. The van der Waals surface area contributed by atoms with Crippen LogP contribution in [0.3, 0.4) is 0 Å². The van der Waals surface area contributed by atoms with Crippen molar-refractivity contribution in [2.75, 3.05) is 26.3 Å². The molecule has 0 spiro atoms. The van der Waals surface area contributed by atoms with Gasteiger partial charge in [-0.15, -0.1) is 0 Å². The summed E-state index contributed by atoms with van der Waals surface area (Å²) >= 11 is 0. The van der Waals surface area contributed by atoms with E-state index >= 15 is 0 Å². The molecule has 0 aliphatic carbocycles. The molecule has 4 nitrogen and oxygen atoms in total. The summed E-state index contributed by atoms with van der Waals surface area (Å²) in [6, 6.07) is 21.7. The van der Waals surface area contributed by atoms with Crippen LogP contribution < -0.4 is 0 Å². The van der Waals surface area contributed by atoms with Gasteiger partial charge in [0.1, 0.15) is 6.67 Å². The fraction of sp³-hybridized carbons (Fsp3) is 0.400. The van der Waals surface area contributed by atoms with Gasteiger partial charge in [0.15, 0.2) is 0 Å². The van der Waals surface area contributed by atoms with Crippen LogP contribution in [-0.4, -0.2) is 56.0 Å². The van der Waals surface area contributed by atoms with E-state index in [0.717, 1.165) is 36.1 Å². The van der Waals surface area contributed by atoms with Gasteiger partial charge in [-0.05, 0) is 79.6 Å². The Kier molecular flexibility index (Phi) is 7.03. The number of alkyl halides is 1. The molecule has 3 atom stereocenters. The number of hydrogen-bond acceptors (Lipinski definition) is 3. The zero-order valence-corrected chi connectivity index (χ0v) is 22.1. The second-order valence-electron chi connectivity index (χ2n) is 10.3. The minimum Gasteiger partial charge on any atom is -0.292 e. The monoisotopic (exact) mass is 506 g/mol. The van der Waals surface area contributed by atoms with Crippen molar-refractivity contribution in [2.24, 2.45) is 0 Å². The first-order valence-corrected chi connectivity index (χ1v) is 14.3. The van der Waals surface area contributed by atoms with Crippen LogP contribution in [0.4, 0.5) is 4.39 Å². The van der Waals surface area contributed by atoms with Crippen molar-refractivity contribution in [2.45, 2.75) is 56.5 Å². The Bertz CT molecular complexity index is 1340. The fourth-order valence-electron chi connectivity index (χ4n) is 6.03. The van der Waals surface area contributed by atoms with Crippen LogP contribution >= 0.6 is 0 Å². The summed E-state index contributed by atoms with van der Waals surface area (Å²) in [5.74, 6) is -0.0321. The predicted octanol–water partition coefficient (Wildman–Crippen LogP) is 5.87. The van der Waals surface area contributed by atoms with E-state index in [4.69, 9.17) is 0 Å². The molecule has 2 fully saturated rings. The van der Waals surface area contributed by atoms with E-state index in [2.05, 4.69) is 61.2 Å². The molecule has 2 heterocycles. The van der Waals surface area contributed by atoms with Crippen molar-refractivity contribution in [1.82, 2.24) is 9.21 Å². The molecule has 2 aliphatic heterocycles. The maximum atomic E-state index is 14.3. The molecule has 5 rings (SSSR count). The summed E-state index contributed by atoms with van der Waals surface area (Å²) in [6.45, 7) is 7.37. The number of rotatable bonds is 5. The van der Waals surface area contributed by atoms with Crippen LogP contribution in [0.5, 0.6) is 0 Å². The molecule has 3 aromatic rings. The van der Waals surface area contributed by atoms with Gasteiger partial charge in [0, 0.05) is 31.1 Å². The van der Waals surface area contributed by atoms with Gasteiger partial charge in [-0.1, -0.05) is 60.7 Å². The molecule has 3 aromatic carbocycles. The van der Waals surface area contributed by atoms with Crippen molar-refractivity contribution in [1.29, 1.82) is 0 Å². The Labute approximate surface area is 214 Å². The van der Waals surface area contributed by atoms with Gasteiger partial charge < -0.3 is 0 Å². The van der Waals surface area contributed by atoms with Gasteiger partial charge >= 0.3 is 0 Å². The lowest BCUT2D eigenvalue weighted by Crippen LogP contribution is -2.67. The first-order chi connectivity index (χ1) is 17.3. The van der Waals surface area contributed by atoms with E-state index in [1.165, 1.54) is 16.7 Å². The Hall–Kier alpha value is -2.54. The van der Waals surface area contributed by atoms with Crippen molar-refractivity contribution in [3.05, 3.63) is 89.0 Å². The van der Waals surface area contributed by atoms with E-state index < -0.39 is 16.7 Å². The first-order valence-electron chi connectivity index (χ1n) is 12.9. The number of benzene rings is 3. The predicted molar refractivity (Wildman–Crippen MR) is 144 cm³/mol. The minimum atomic E-state index is -3.62. The summed E-state index contributed by atoms with van der Waals surface area (Å²) in [6.07, 6.45) is 1.65. The van der Waals surface area contributed by atoms with Crippen molar-refractivity contribution >= 4 is 10.0 Å². The summed E-state index contributed by atoms with van der Waals surface area (Å²) in [5, 5.41) is 0. The lowest BCUT2D eigenvalue weighted by atomic mass is 9.74. The highest BCUT2D eigenvalue weighted by Crippen LogP contribution is 2.43. The number of hydrogen-bond donors (Lipinski definition) is 0. The third kappa shape index (κ3) is 4.40. The maximum Gasteiger partial charge on any atom is 0.243 e. The summed E-state index contributed by atoms with van der Waals surface area (Å²) in [5.41, 5.74) is 6.72. The zero-order valence-electron chi connectivity index (χ0n) is 21.3. The van der Waals surface area contributed by atoms with Gasteiger partial charge in [0.05, 0.1) is 4.90 Å². The highest BCUT2D eigenvalue weighted by Gasteiger charge is 2.50. The SMILES string of the molecule is Cc1ccccc1S(=O)(=O)N1CCCCN2C(CF)[C@@H](c3ccc(-c4cccc(C)c4C)cc3)[C@@H]2C1. The molecule has 0 radical (unpaired) electrons. The largest absolute Gasteiger partial charge is 0.292 e. The first kappa shape index (κ1) is 25.1. The normalized spacial score (nSPS) is 23.4. The number of halogens is 1. The minimum absolute atomic E-state index is 0.0311. The van der Waals surface area contributed by atoms with E-state index in [9.17, 15) is 12.8 Å². The molecular weight excluding hydrogens is 471 g/mol. The van der Waals surface area contributed by atoms with Crippen LogP contribution in [0.1, 0.15) is 41.0 Å². The average Bonchev–Trinajstić information content (AvgIpc) is 2.85. The third-order valence-electron chi connectivity index (χ3n) is 8.23. The van der Waals surface area contributed by atoms with Crippen LogP contribution in [-0.2, 0) is 10.0 Å². The second-order valence-corrected chi connectivity index (χ2v) is 12.2. The number of sulfonamides is 1. The quantitative estimate of drug-likeness (QED) is 0.435. The highest BCUT2D eigenvalue weighted by molar-refractivity contribution is 7.89. The molecule has 0 saturated carbocycles. The molecule has 0 aromatic heterocycles. The van der Waals surface area contributed by atoms with Crippen molar-refractivity contribution in [3.63, 3.8) is 0 Å². The highest BCUT2D eigenvalue weighted by atomic mass is 32.2. The summed E-state index contributed by atoms with van der Waals surface area (Å²) in [7, 11) is -3.62. The van der Waals surface area contributed by atoms with E-state index in [1.54, 1.807) is 16.4 Å². The lowest BCUT2D eigenvalue weighted by Gasteiger charge is -2.56. The van der Waals surface area contributed by atoms with Crippen LogP contribution in [0.25, 0.3) is 11.1 Å². The molecule has 2 aliphatic rings. The standard InChI is InChI=1S/C30H35FN2O2S/c1-21-10-8-11-26(23(21)3)24-13-15-25(16-14-24)30-27(19-31)33-18-7-6-17-32(20-28(30)33)36(34,35)29-12-5-4-9-22(29)2/h4-5,8-16,27-28,30H,6-7,17-20H2,1-3H3/t27?,28-,30+/m0/s1. The third-order valence-corrected chi connectivity index (χ3v) is 10.3. The van der Waals surface area contributed by atoms with E-state index in [0.29, 0.717) is 18.0 Å². The van der Waals surface area contributed by atoms with Gasteiger partial charge in [-0.3, -0.25) is 4.90 Å². The molecule has 6 heteroatoms. The smallest absolute Gasteiger partial charge is 0.243 e. The number of aryl methyl sites for hydroxylation is 2. The second kappa shape index (κ2) is 10.1. The number of fused-ring (bicyclic) bond motifs is 1. The van der Waals surface area contributed by atoms with Gasteiger partial charge in [0.25, 0.3) is 0 Å². The fourth-order valence-corrected chi connectivity index (χ4v) is 7.75. The van der Waals surface area contributed by atoms with Crippen LogP contribution in [0.2, 0.25) is 0 Å². The molecule has 0 N–H and O–H groups in total. The van der Waals surface area contributed by atoms with Crippen LogP contribution in [0.15, 0.2) is 71.6 Å². The maximum absolute atomic E-state index is 14.3. The van der Waals surface area contributed by atoms with Crippen molar-refractivity contribution in [3.8, 4) is 11.1 Å². The topological polar surface area (TPSA) is 40.6 Å². The van der Waals surface area contributed by atoms with E-state index in [-0.39, 0.29) is 18.0 Å². The van der Waals surface area contributed by atoms with Crippen molar-refractivity contribution < 1.29 is 12.8 Å². The van der Waals surface area contributed by atoms with Gasteiger partial charge in [-0.2, -0.15) is 4.31 Å². The van der Waals surface area contributed by atoms with E-state index in [1.807, 2.05) is 19.1 Å². The molecule has 2 saturated heterocycles. The molecular formula is C30H35FN2O2S. The molecule has 36 heavy (non-hydrogen) atoms. The van der Waals surface area contributed by atoms with Gasteiger partial charge in [0.2, 0.25) is 10.0 Å². The van der Waals surface area contributed by atoms with Crippen LogP contribution in [0, 0.1) is 20.8 Å².